The molecule has 3 rings (SSSR count). The third-order valence-corrected chi connectivity index (χ3v) is 5.04. The van der Waals surface area contributed by atoms with Gasteiger partial charge in [0.15, 0.2) is 6.10 Å². The van der Waals surface area contributed by atoms with E-state index in [1.54, 1.807) is 53.9 Å². The second-order valence-electron chi connectivity index (χ2n) is 5.83. The Kier molecular flexibility index (Phi) is 4.89. The number of thiazole rings is 1. The van der Waals surface area contributed by atoms with Gasteiger partial charge in [-0.15, -0.1) is 11.3 Å². The highest BCUT2D eigenvalue weighted by Gasteiger charge is 2.29. The van der Waals surface area contributed by atoms with Gasteiger partial charge in [0.25, 0.3) is 5.91 Å². The van der Waals surface area contributed by atoms with Gasteiger partial charge in [-0.05, 0) is 32.0 Å². The number of likely N-dealkylation sites (N-methyl/N-ethyl adjacent to an activating group) is 1. The molecule has 0 fully saturated rings. The lowest BCUT2D eigenvalue weighted by Crippen LogP contribution is -2.42. The number of nitrogens with zero attached hydrogens (tertiary/aromatic N) is 2. The smallest absolute Gasteiger partial charge is 0.319 e. The normalized spacial score (nSPS) is 16.2. The largest absolute Gasteiger partial charge is 0.479 e. The Morgan fingerprint density at radius 1 is 1.44 bits per heavy atom. The van der Waals surface area contributed by atoms with Crippen molar-refractivity contribution in [1.29, 1.82) is 0 Å². The molecule has 25 heavy (non-hydrogen) atoms. The minimum Gasteiger partial charge on any atom is -0.479 e. The molecule has 3 amide bonds. The van der Waals surface area contributed by atoms with Crippen LogP contribution in [0.3, 0.4) is 0 Å². The van der Waals surface area contributed by atoms with E-state index in [2.05, 4.69) is 15.6 Å². The van der Waals surface area contributed by atoms with E-state index in [1.165, 1.54) is 4.88 Å². The van der Waals surface area contributed by atoms with Crippen molar-refractivity contribution in [1.82, 2.24) is 10.3 Å². The number of carbonyl (C=O) groups is 2. The van der Waals surface area contributed by atoms with Gasteiger partial charge in [0.05, 0.1) is 16.9 Å². The first-order valence-corrected chi connectivity index (χ1v) is 8.85. The molecule has 0 saturated carbocycles. The van der Waals surface area contributed by atoms with Crippen LogP contribution >= 0.6 is 11.3 Å². The number of hydrogen-bond donors (Lipinski definition) is 2. The average molecular weight is 360 g/mol. The number of fused-ring (bicyclic) bond motifs is 1. The molecular weight excluding hydrogens is 340 g/mol. The maximum absolute atomic E-state index is 12.0. The monoisotopic (exact) mass is 360 g/mol. The van der Waals surface area contributed by atoms with Crippen LogP contribution in [0.25, 0.3) is 0 Å². The molecular formula is C17H20N4O3S. The van der Waals surface area contributed by atoms with Gasteiger partial charge in [-0.2, -0.15) is 0 Å². The summed E-state index contributed by atoms with van der Waals surface area (Å²) in [5, 5.41) is 5.60. The number of nitrogens with one attached hydrogen (secondary N) is 2. The number of urea groups is 1. The van der Waals surface area contributed by atoms with E-state index in [0.29, 0.717) is 23.7 Å². The van der Waals surface area contributed by atoms with Crippen LogP contribution in [0.1, 0.15) is 17.5 Å². The average Bonchev–Trinajstić information content (AvgIpc) is 2.99. The van der Waals surface area contributed by atoms with Crippen molar-refractivity contribution in [3.8, 4) is 5.75 Å². The van der Waals surface area contributed by atoms with Crippen molar-refractivity contribution < 1.29 is 14.3 Å². The number of anilines is 2. The van der Waals surface area contributed by atoms with Gasteiger partial charge in [-0.3, -0.25) is 4.79 Å². The highest BCUT2D eigenvalue weighted by Crippen LogP contribution is 2.35. The van der Waals surface area contributed by atoms with E-state index in [4.69, 9.17) is 4.74 Å². The molecule has 0 saturated heterocycles. The number of rotatable bonds is 4. The number of aryl methyl sites for hydroxylation is 1. The molecule has 0 bridgehead atoms. The third-order valence-electron chi connectivity index (χ3n) is 4.04. The Balaban J connectivity index is 1.59. The first kappa shape index (κ1) is 17.2. The molecule has 1 aliphatic heterocycles. The van der Waals surface area contributed by atoms with Crippen LogP contribution in [0.4, 0.5) is 16.2 Å². The molecule has 8 heteroatoms. The second-order valence-corrected chi connectivity index (χ2v) is 6.77. The molecule has 1 aromatic carbocycles. The van der Waals surface area contributed by atoms with Crippen molar-refractivity contribution in [3.05, 3.63) is 34.3 Å². The quantitative estimate of drug-likeness (QED) is 0.878. The fraction of sp³-hybridized carbons (Fsp3) is 0.353. The number of aromatic nitrogens is 1. The van der Waals surface area contributed by atoms with E-state index < -0.39 is 6.10 Å². The predicted octanol–water partition coefficient (Wildman–Crippen LogP) is 2.56. The Morgan fingerprint density at radius 2 is 2.24 bits per heavy atom. The zero-order chi connectivity index (χ0) is 18.0. The minimum absolute atomic E-state index is 0.117. The molecule has 0 unspecified atom stereocenters. The van der Waals surface area contributed by atoms with Crippen molar-refractivity contribution >= 4 is 34.6 Å². The Labute approximate surface area is 150 Å². The van der Waals surface area contributed by atoms with Crippen molar-refractivity contribution in [2.24, 2.45) is 0 Å². The van der Waals surface area contributed by atoms with Crippen LogP contribution in [0, 0.1) is 6.92 Å². The third kappa shape index (κ3) is 3.74. The maximum Gasteiger partial charge on any atom is 0.319 e. The van der Waals surface area contributed by atoms with Crippen LogP contribution in [0.5, 0.6) is 5.75 Å². The van der Waals surface area contributed by atoms with Crippen LogP contribution in [-0.4, -0.2) is 36.6 Å². The molecule has 2 aromatic rings. The van der Waals surface area contributed by atoms with E-state index in [0.717, 1.165) is 12.1 Å². The summed E-state index contributed by atoms with van der Waals surface area (Å²) in [6.07, 6.45) is 0.242. The Bertz CT molecular complexity index is 805. The predicted molar refractivity (Wildman–Crippen MR) is 97.5 cm³/mol. The number of hydrogen-bond acceptors (Lipinski definition) is 5. The fourth-order valence-electron chi connectivity index (χ4n) is 2.62. The van der Waals surface area contributed by atoms with E-state index >= 15 is 0 Å². The van der Waals surface area contributed by atoms with Gasteiger partial charge in [-0.1, -0.05) is 0 Å². The Morgan fingerprint density at radius 3 is 2.96 bits per heavy atom. The molecule has 1 aliphatic rings. The van der Waals surface area contributed by atoms with E-state index in [9.17, 15) is 9.59 Å². The van der Waals surface area contributed by atoms with E-state index in [-0.39, 0.29) is 11.9 Å². The highest BCUT2D eigenvalue weighted by atomic mass is 32.1. The second kappa shape index (κ2) is 7.10. The minimum atomic E-state index is -0.505. The van der Waals surface area contributed by atoms with Crippen molar-refractivity contribution in [2.75, 3.05) is 23.8 Å². The van der Waals surface area contributed by atoms with Gasteiger partial charge >= 0.3 is 6.03 Å². The molecule has 132 valence electrons. The van der Waals surface area contributed by atoms with E-state index in [1.807, 2.05) is 6.92 Å². The summed E-state index contributed by atoms with van der Waals surface area (Å²) >= 11 is 1.59. The maximum atomic E-state index is 12.0. The first-order valence-electron chi connectivity index (χ1n) is 7.98. The topological polar surface area (TPSA) is 83.6 Å². The summed E-state index contributed by atoms with van der Waals surface area (Å²) in [5.74, 6) is 0.509. The van der Waals surface area contributed by atoms with Gasteiger partial charge < -0.3 is 20.3 Å². The molecule has 2 heterocycles. The van der Waals surface area contributed by atoms with Gasteiger partial charge in [-0.25, -0.2) is 9.78 Å². The summed E-state index contributed by atoms with van der Waals surface area (Å²) in [5.41, 5.74) is 4.05. The van der Waals surface area contributed by atoms with Gasteiger partial charge in [0, 0.05) is 30.6 Å². The molecule has 1 atom stereocenters. The van der Waals surface area contributed by atoms with Crippen molar-refractivity contribution in [2.45, 2.75) is 26.4 Å². The van der Waals surface area contributed by atoms with Crippen LogP contribution in [0.15, 0.2) is 23.7 Å². The molecule has 0 aliphatic carbocycles. The Hall–Kier alpha value is -2.61. The number of benzene rings is 1. The first-order chi connectivity index (χ1) is 12.0. The molecule has 0 radical (unpaired) electrons. The molecule has 2 N–H and O–H groups in total. The zero-order valence-corrected chi connectivity index (χ0v) is 15.1. The van der Waals surface area contributed by atoms with Crippen LogP contribution < -0.4 is 20.3 Å². The lowest BCUT2D eigenvalue weighted by atomic mass is 10.2. The summed E-state index contributed by atoms with van der Waals surface area (Å²) in [6.45, 7) is 4.20. The number of carbonyl (C=O) groups excluding carboxylic acids is 2. The lowest BCUT2D eigenvalue weighted by molar-refractivity contribution is -0.125. The van der Waals surface area contributed by atoms with Gasteiger partial charge in [0.1, 0.15) is 5.75 Å². The number of amides is 3. The molecule has 0 spiro atoms. The lowest BCUT2D eigenvalue weighted by Gasteiger charge is -2.30. The van der Waals surface area contributed by atoms with Gasteiger partial charge in [0.2, 0.25) is 0 Å². The van der Waals surface area contributed by atoms with Crippen molar-refractivity contribution in [3.63, 3.8) is 0 Å². The zero-order valence-electron chi connectivity index (χ0n) is 14.3. The summed E-state index contributed by atoms with van der Waals surface area (Å²) in [6, 6.07) is 4.94. The summed E-state index contributed by atoms with van der Waals surface area (Å²) < 4.78 is 5.57. The highest BCUT2D eigenvalue weighted by molar-refractivity contribution is 7.09. The van der Waals surface area contributed by atoms with Crippen LogP contribution in [0.2, 0.25) is 0 Å². The van der Waals surface area contributed by atoms with Crippen LogP contribution in [-0.2, 0) is 11.2 Å². The number of ether oxygens (including phenoxy) is 1. The summed E-state index contributed by atoms with van der Waals surface area (Å²) in [4.78, 5) is 30.9. The summed E-state index contributed by atoms with van der Waals surface area (Å²) in [7, 11) is 1.70. The molecule has 1 aromatic heterocycles. The fourth-order valence-corrected chi connectivity index (χ4v) is 3.40. The SMILES string of the molecule is Cc1ncsc1CCNC(=O)Nc1ccc2c(c1)N(C)C(=O)[C@@H](C)O2. The standard InChI is InChI=1S/C17H20N4O3S/c1-10-15(25-9-19-10)6-7-18-17(23)20-12-4-5-14-13(8-12)21(3)16(22)11(2)24-14/h4-5,8-9,11H,6-7H2,1-3H3,(H2,18,20,23)/t11-/m1/s1. The molecule has 7 nitrogen and oxygen atoms in total.